The fourth-order valence-corrected chi connectivity index (χ4v) is 7.98. The Kier molecular flexibility index (Phi) is 5.37. The summed E-state index contributed by atoms with van der Waals surface area (Å²) in [5.41, 5.74) is 3.50. The summed E-state index contributed by atoms with van der Waals surface area (Å²) >= 11 is 0. The summed E-state index contributed by atoms with van der Waals surface area (Å²) in [5, 5.41) is 1.65. The highest BCUT2D eigenvalue weighted by molar-refractivity contribution is 7.67. The van der Waals surface area contributed by atoms with Crippen LogP contribution >= 0.6 is 7.92 Å². The van der Waals surface area contributed by atoms with Crippen molar-refractivity contribution in [3.8, 4) is 0 Å². The molecule has 0 amide bonds. The summed E-state index contributed by atoms with van der Waals surface area (Å²) < 4.78 is 0. The first-order valence-electron chi connectivity index (χ1n) is 8.88. The van der Waals surface area contributed by atoms with Crippen LogP contribution in [0, 0.1) is 0 Å². The molecule has 0 aliphatic heterocycles. The van der Waals surface area contributed by atoms with Gasteiger partial charge in [-0.3, -0.25) is 0 Å². The lowest BCUT2D eigenvalue weighted by atomic mass is 10.1. The molecule has 0 N–H and O–H groups in total. The maximum atomic E-state index is 2.56. The van der Waals surface area contributed by atoms with Gasteiger partial charge in [-0.2, -0.15) is 0 Å². The van der Waals surface area contributed by atoms with Crippen molar-refractivity contribution >= 4 is 13.2 Å². The largest absolute Gasteiger partial charge is 0.303 e. The van der Waals surface area contributed by atoms with Crippen LogP contribution in [0.2, 0.25) is 0 Å². The third kappa shape index (κ3) is 3.31. The highest BCUT2D eigenvalue weighted by Gasteiger charge is 2.37. The predicted molar refractivity (Wildman–Crippen MR) is 99.5 cm³/mol. The molecule has 2 heteroatoms. The summed E-state index contributed by atoms with van der Waals surface area (Å²) in [4.78, 5) is 2.39. The molecule has 0 bridgehead atoms. The molecular formula is C20H30NP. The van der Waals surface area contributed by atoms with Gasteiger partial charge in [0, 0.05) is 11.7 Å². The lowest BCUT2D eigenvalue weighted by Crippen LogP contribution is -2.32. The Morgan fingerprint density at radius 1 is 1.05 bits per heavy atom. The van der Waals surface area contributed by atoms with E-state index in [1.165, 1.54) is 38.5 Å². The van der Waals surface area contributed by atoms with E-state index in [0.717, 1.165) is 11.3 Å². The topological polar surface area (TPSA) is 3.24 Å². The Hall–Kier alpha value is -0.650. The molecule has 2 unspecified atom stereocenters. The summed E-state index contributed by atoms with van der Waals surface area (Å²) in [6, 6.07) is 12.0. The minimum Gasteiger partial charge on any atom is -0.303 e. The van der Waals surface area contributed by atoms with Crippen molar-refractivity contribution in [2.45, 2.75) is 62.8 Å². The van der Waals surface area contributed by atoms with E-state index in [2.05, 4.69) is 62.3 Å². The molecule has 120 valence electrons. The van der Waals surface area contributed by atoms with E-state index in [4.69, 9.17) is 0 Å². The highest BCUT2D eigenvalue weighted by atomic mass is 31.1. The van der Waals surface area contributed by atoms with Gasteiger partial charge < -0.3 is 4.90 Å². The first kappa shape index (κ1) is 16.2. The van der Waals surface area contributed by atoms with E-state index in [-0.39, 0.29) is 7.92 Å². The SMILES string of the molecule is C[C@H](C1=CCCC1P(c1ccccc1)C1CCCC1)N(C)C. The molecule has 0 heterocycles. The van der Waals surface area contributed by atoms with Gasteiger partial charge in [0.15, 0.2) is 0 Å². The van der Waals surface area contributed by atoms with E-state index < -0.39 is 0 Å². The van der Waals surface area contributed by atoms with Gasteiger partial charge in [0.25, 0.3) is 0 Å². The van der Waals surface area contributed by atoms with Crippen molar-refractivity contribution in [3.05, 3.63) is 42.0 Å². The summed E-state index contributed by atoms with van der Waals surface area (Å²) in [7, 11) is 4.40. The number of allylic oxidation sites excluding steroid dienone is 1. The van der Waals surface area contributed by atoms with Crippen LogP contribution in [0.3, 0.4) is 0 Å². The molecule has 1 saturated carbocycles. The smallest absolute Gasteiger partial charge is 0.0279 e. The van der Waals surface area contributed by atoms with Gasteiger partial charge in [0.2, 0.25) is 0 Å². The normalized spacial score (nSPS) is 25.5. The van der Waals surface area contributed by atoms with Crippen molar-refractivity contribution in [1.29, 1.82) is 0 Å². The molecule has 2 aliphatic rings. The Morgan fingerprint density at radius 3 is 2.36 bits per heavy atom. The minimum atomic E-state index is -0.0495. The molecule has 0 radical (unpaired) electrons. The molecule has 3 rings (SSSR count). The fraction of sp³-hybridized carbons (Fsp3) is 0.600. The molecule has 1 aromatic carbocycles. The number of rotatable bonds is 5. The summed E-state index contributed by atoms with van der Waals surface area (Å²) in [6.07, 6.45) is 11.0. The molecule has 1 aromatic rings. The predicted octanol–water partition coefficient (Wildman–Crippen LogP) is 4.78. The number of benzene rings is 1. The maximum Gasteiger partial charge on any atom is 0.0279 e. The molecule has 1 nitrogen and oxygen atoms in total. The van der Waals surface area contributed by atoms with Crippen LogP contribution in [0.1, 0.15) is 45.4 Å². The van der Waals surface area contributed by atoms with Crippen molar-refractivity contribution in [2.75, 3.05) is 14.1 Å². The van der Waals surface area contributed by atoms with Gasteiger partial charge >= 0.3 is 0 Å². The summed E-state index contributed by atoms with van der Waals surface area (Å²) in [6.45, 7) is 2.39. The molecule has 3 atom stereocenters. The van der Waals surface area contributed by atoms with Gasteiger partial charge in [-0.05, 0) is 63.2 Å². The van der Waals surface area contributed by atoms with Gasteiger partial charge in [-0.25, -0.2) is 0 Å². The zero-order valence-electron chi connectivity index (χ0n) is 14.3. The van der Waals surface area contributed by atoms with E-state index in [1.54, 1.807) is 10.9 Å². The molecule has 1 fully saturated rings. The third-order valence-electron chi connectivity index (χ3n) is 5.57. The molecule has 2 aliphatic carbocycles. The number of hydrogen-bond donors (Lipinski definition) is 0. The van der Waals surface area contributed by atoms with Crippen LogP contribution in [0.5, 0.6) is 0 Å². The van der Waals surface area contributed by atoms with Crippen LogP contribution in [0.25, 0.3) is 0 Å². The van der Waals surface area contributed by atoms with Gasteiger partial charge in [-0.15, -0.1) is 0 Å². The molecule has 0 spiro atoms. The van der Waals surface area contributed by atoms with Gasteiger partial charge in [0.1, 0.15) is 0 Å². The number of hydrogen-bond acceptors (Lipinski definition) is 1. The van der Waals surface area contributed by atoms with E-state index in [0.29, 0.717) is 6.04 Å². The number of likely N-dealkylation sites (N-methyl/N-ethyl adjacent to an activating group) is 1. The molecular weight excluding hydrogens is 285 g/mol. The quantitative estimate of drug-likeness (QED) is 0.558. The highest BCUT2D eigenvalue weighted by Crippen LogP contribution is 2.57. The zero-order valence-corrected chi connectivity index (χ0v) is 15.2. The fourth-order valence-electron chi connectivity index (χ4n) is 4.19. The van der Waals surface area contributed by atoms with Crippen LogP contribution < -0.4 is 5.30 Å². The Morgan fingerprint density at radius 2 is 1.73 bits per heavy atom. The van der Waals surface area contributed by atoms with E-state index >= 15 is 0 Å². The van der Waals surface area contributed by atoms with E-state index in [1.807, 2.05) is 0 Å². The first-order valence-corrected chi connectivity index (χ1v) is 10.4. The summed E-state index contributed by atoms with van der Waals surface area (Å²) in [5.74, 6) is 0. The van der Waals surface area contributed by atoms with Crippen LogP contribution in [-0.2, 0) is 0 Å². The second kappa shape index (κ2) is 7.28. The average molecular weight is 315 g/mol. The monoisotopic (exact) mass is 315 g/mol. The molecule has 0 saturated heterocycles. The van der Waals surface area contributed by atoms with Crippen molar-refractivity contribution < 1.29 is 0 Å². The van der Waals surface area contributed by atoms with Crippen molar-refractivity contribution in [2.24, 2.45) is 0 Å². The van der Waals surface area contributed by atoms with Crippen LogP contribution in [-0.4, -0.2) is 36.4 Å². The van der Waals surface area contributed by atoms with Crippen LogP contribution in [0.15, 0.2) is 42.0 Å². The molecule has 0 aromatic heterocycles. The second-order valence-corrected chi connectivity index (χ2v) is 9.80. The lowest BCUT2D eigenvalue weighted by molar-refractivity contribution is 0.347. The standard InChI is InChI=1S/C20H30NP/c1-16(21(2)3)19-14-9-15-20(19)22(18-12-7-8-13-18)17-10-5-4-6-11-17/h4-6,10-11,14,16,18,20H,7-9,12-13,15H2,1-3H3/t16-,20?,22?/m1/s1. The maximum absolute atomic E-state index is 2.56. The second-order valence-electron chi connectivity index (χ2n) is 7.12. The zero-order chi connectivity index (χ0) is 15.5. The average Bonchev–Trinajstić information content (AvgIpc) is 3.20. The third-order valence-corrected chi connectivity index (χ3v) is 9.00. The van der Waals surface area contributed by atoms with Gasteiger partial charge in [-0.1, -0.05) is 57.2 Å². The Balaban J connectivity index is 1.90. The van der Waals surface area contributed by atoms with Crippen molar-refractivity contribution in [1.82, 2.24) is 4.90 Å². The lowest BCUT2D eigenvalue weighted by Gasteiger charge is -2.35. The first-order chi connectivity index (χ1) is 10.7. The number of nitrogens with zero attached hydrogens (tertiary/aromatic N) is 1. The Bertz CT molecular complexity index is 502. The minimum absolute atomic E-state index is 0.0495. The van der Waals surface area contributed by atoms with E-state index in [9.17, 15) is 0 Å². The Labute approximate surface area is 137 Å². The van der Waals surface area contributed by atoms with Crippen LogP contribution in [0.4, 0.5) is 0 Å². The van der Waals surface area contributed by atoms with Crippen molar-refractivity contribution in [3.63, 3.8) is 0 Å². The van der Waals surface area contributed by atoms with Gasteiger partial charge in [0.05, 0.1) is 0 Å². The molecule has 22 heavy (non-hydrogen) atoms.